The molecule has 2 aromatic rings. The van der Waals surface area contributed by atoms with Crippen molar-refractivity contribution in [3.8, 4) is 11.4 Å². The molecule has 0 bridgehead atoms. The second-order valence-electron chi connectivity index (χ2n) is 3.63. The number of benzene rings is 1. The zero-order valence-corrected chi connectivity index (χ0v) is 10.7. The Labute approximate surface area is 107 Å². The Morgan fingerprint density at radius 2 is 2.00 bits per heavy atom. The molecule has 0 aliphatic carbocycles. The number of nitrogens with one attached hydrogen (secondary N) is 1. The zero-order valence-electron chi connectivity index (χ0n) is 9.11. The molecule has 0 aliphatic rings. The first kappa shape index (κ1) is 12.0. The average Bonchev–Trinajstić information content (AvgIpc) is 2.33. The summed E-state index contributed by atoms with van der Waals surface area (Å²) in [5.74, 6) is 0.572. The first-order valence-corrected chi connectivity index (χ1v) is 6.04. The average molecular weight is 294 g/mol. The molecule has 0 saturated carbocycles. The van der Waals surface area contributed by atoms with Gasteiger partial charge in [0, 0.05) is 21.8 Å². The van der Waals surface area contributed by atoms with Crippen LogP contribution in [0.1, 0.15) is 5.56 Å². The van der Waals surface area contributed by atoms with Crippen LogP contribution in [-0.2, 0) is 6.42 Å². The molecular weight excluding hydrogens is 282 g/mol. The van der Waals surface area contributed by atoms with Crippen molar-refractivity contribution < 1.29 is 0 Å². The summed E-state index contributed by atoms with van der Waals surface area (Å²) in [5, 5.41) is 0. The van der Waals surface area contributed by atoms with Crippen LogP contribution in [0.5, 0.6) is 0 Å². The molecule has 0 spiro atoms. The van der Waals surface area contributed by atoms with Crippen molar-refractivity contribution in [2.75, 3.05) is 6.54 Å². The van der Waals surface area contributed by atoms with E-state index >= 15 is 0 Å². The van der Waals surface area contributed by atoms with E-state index in [1.807, 2.05) is 24.3 Å². The molecule has 3 N–H and O–H groups in total. The molecule has 0 aliphatic heterocycles. The highest BCUT2D eigenvalue weighted by Crippen LogP contribution is 2.17. The van der Waals surface area contributed by atoms with Crippen molar-refractivity contribution in [1.29, 1.82) is 0 Å². The van der Waals surface area contributed by atoms with Crippen LogP contribution in [0.2, 0.25) is 0 Å². The third-order valence-electron chi connectivity index (χ3n) is 2.40. The monoisotopic (exact) mass is 293 g/mol. The number of hydrogen-bond acceptors (Lipinski definition) is 3. The van der Waals surface area contributed by atoms with Crippen LogP contribution in [0.25, 0.3) is 11.4 Å². The predicted octanol–water partition coefficient (Wildman–Crippen LogP) is 1.70. The summed E-state index contributed by atoms with van der Waals surface area (Å²) in [6.45, 7) is 0.447. The number of hydrogen-bond donors (Lipinski definition) is 2. The predicted molar refractivity (Wildman–Crippen MR) is 70.8 cm³/mol. The Morgan fingerprint density at radius 3 is 2.59 bits per heavy atom. The summed E-state index contributed by atoms with van der Waals surface area (Å²) in [5.41, 5.74) is 6.79. The van der Waals surface area contributed by atoms with E-state index in [2.05, 4.69) is 25.9 Å². The molecule has 1 aromatic carbocycles. The molecule has 4 nitrogen and oxygen atoms in total. The quantitative estimate of drug-likeness (QED) is 0.905. The van der Waals surface area contributed by atoms with E-state index in [4.69, 9.17) is 5.73 Å². The highest BCUT2D eigenvalue weighted by atomic mass is 79.9. The normalized spacial score (nSPS) is 10.5. The number of halogens is 1. The molecule has 0 saturated heterocycles. The minimum Gasteiger partial charge on any atom is -0.330 e. The van der Waals surface area contributed by atoms with Crippen LogP contribution >= 0.6 is 15.9 Å². The second kappa shape index (κ2) is 5.25. The topological polar surface area (TPSA) is 71.8 Å². The molecule has 0 unspecified atom stereocenters. The van der Waals surface area contributed by atoms with Crippen LogP contribution < -0.4 is 11.3 Å². The molecular formula is C12H12BrN3O. The lowest BCUT2D eigenvalue weighted by Gasteiger charge is -2.02. The number of nitrogens with zero attached hydrogens (tertiary/aromatic N) is 1. The van der Waals surface area contributed by atoms with Crippen molar-refractivity contribution in [3.63, 3.8) is 0 Å². The summed E-state index contributed by atoms with van der Waals surface area (Å²) < 4.78 is 0.989. The second-order valence-corrected chi connectivity index (χ2v) is 4.55. The van der Waals surface area contributed by atoms with E-state index < -0.39 is 0 Å². The molecule has 17 heavy (non-hydrogen) atoms. The van der Waals surface area contributed by atoms with Crippen LogP contribution in [0.4, 0.5) is 0 Å². The van der Waals surface area contributed by atoms with Crippen LogP contribution in [0.15, 0.2) is 39.7 Å². The molecule has 1 aromatic heterocycles. The van der Waals surface area contributed by atoms with Crippen LogP contribution in [0.3, 0.4) is 0 Å². The fourth-order valence-electron chi connectivity index (χ4n) is 1.51. The Morgan fingerprint density at radius 1 is 1.29 bits per heavy atom. The van der Waals surface area contributed by atoms with E-state index in [9.17, 15) is 4.79 Å². The maximum Gasteiger partial charge on any atom is 0.254 e. The van der Waals surface area contributed by atoms with Crippen molar-refractivity contribution in [1.82, 2.24) is 9.97 Å². The largest absolute Gasteiger partial charge is 0.330 e. The SMILES string of the molecule is NCCc1cnc(-c2ccc(Br)cc2)[nH]c1=O. The van der Waals surface area contributed by atoms with Gasteiger partial charge in [0.1, 0.15) is 5.82 Å². The summed E-state index contributed by atoms with van der Waals surface area (Å²) in [4.78, 5) is 18.7. The van der Waals surface area contributed by atoms with E-state index in [1.54, 1.807) is 6.20 Å². The van der Waals surface area contributed by atoms with Gasteiger partial charge >= 0.3 is 0 Å². The molecule has 0 fully saturated rings. The highest BCUT2D eigenvalue weighted by molar-refractivity contribution is 9.10. The maximum absolute atomic E-state index is 11.7. The zero-order chi connectivity index (χ0) is 12.3. The number of nitrogens with two attached hydrogens (primary N) is 1. The maximum atomic E-state index is 11.7. The van der Waals surface area contributed by atoms with Crippen LogP contribution in [0, 0.1) is 0 Å². The summed E-state index contributed by atoms with van der Waals surface area (Å²) in [7, 11) is 0. The lowest BCUT2D eigenvalue weighted by molar-refractivity contribution is 0.924. The minimum atomic E-state index is -0.122. The summed E-state index contributed by atoms with van der Waals surface area (Å²) in [6, 6.07) is 7.60. The third-order valence-corrected chi connectivity index (χ3v) is 2.93. The fraction of sp³-hybridized carbons (Fsp3) is 0.167. The Kier molecular flexibility index (Phi) is 3.71. The van der Waals surface area contributed by atoms with Crippen molar-refractivity contribution in [2.24, 2.45) is 5.73 Å². The molecule has 0 atom stereocenters. The molecule has 5 heteroatoms. The molecule has 2 rings (SSSR count). The van der Waals surface area contributed by atoms with Gasteiger partial charge in [-0.15, -0.1) is 0 Å². The van der Waals surface area contributed by atoms with Crippen molar-refractivity contribution >= 4 is 15.9 Å². The first-order valence-electron chi connectivity index (χ1n) is 5.25. The number of aromatic nitrogens is 2. The smallest absolute Gasteiger partial charge is 0.254 e. The summed E-state index contributed by atoms with van der Waals surface area (Å²) in [6.07, 6.45) is 2.13. The lowest BCUT2D eigenvalue weighted by atomic mass is 10.2. The van der Waals surface area contributed by atoms with E-state index in [0.29, 0.717) is 24.4 Å². The fourth-order valence-corrected chi connectivity index (χ4v) is 1.77. The van der Waals surface area contributed by atoms with Gasteiger partial charge in [0.15, 0.2) is 0 Å². The van der Waals surface area contributed by atoms with Gasteiger partial charge in [0.05, 0.1) is 0 Å². The van der Waals surface area contributed by atoms with Crippen LogP contribution in [-0.4, -0.2) is 16.5 Å². The van der Waals surface area contributed by atoms with Gasteiger partial charge < -0.3 is 10.7 Å². The first-order chi connectivity index (χ1) is 8.20. The van der Waals surface area contributed by atoms with Gasteiger partial charge in [-0.1, -0.05) is 28.1 Å². The van der Waals surface area contributed by atoms with Gasteiger partial charge in [0.25, 0.3) is 5.56 Å². The molecule has 0 radical (unpaired) electrons. The Bertz CT molecular complexity index is 563. The molecule has 1 heterocycles. The lowest BCUT2D eigenvalue weighted by Crippen LogP contribution is -2.17. The highest BCUT2D eigenvalue weighted by Gasteiger charge is 2.03. The van der Waals surface area contributed by atoms with Crippen molar-refractivity contribution in [3.05, 3.63) is 50.9 Å². The van der Waals surface area contributed by atoms with Gasteiger partial charge in [-0.2, -0.15) is 0 Å². The van der Waals surface area contributed by atoms with E-state index in [0.717, 1.165) is 10.0 Å². The van der Waals surface area contributed by atoms with Gasteiger partial charge in [-0.3, -0.25) is 4.79 Å². The van der Waals surface area contributed by atoms with Gasteiger partial charge in [-0.05, 0) is 25.1 Å². The minimum absolute atomic E-state index is 0.122. The Hall–Kier alpha value is -1.46. The van der Waals surface area contributed by atoms with Gasteiger partial charge in [0.2, 0.25) is 0 Å². The van der Waals surface area contributed by atoms with E-state index in [1.165, 1.54) is 0 Å². The van der Waals surface area contributed by atoms with Gasteiger partial charge in [-0.25, -0.2) is 4.98 Å². The number of rotatable bonds is 3. The number of H-pyrrole nitrogens is 1. The standard InChI is InChI=1S/C12H12BrN3O/c13-10-3-1-8(2-4-10)11-15-7-9(5-6-14)12(17)16-11/h1-4,7H,5-6,14H2,(H,15,16,17). The summed E-state index contributed by atoms with van der Waals surface area (Å²) >= 11 is 3.36. The third kappa shape index (κ3) is 2.81. The number of aromatic amines is 1. The van der Waals surface area contributed by atoms with Crippen molar-refractivity contribution in [2.45, 2.75) is 6.42 Å². The van der Waals surface area contributed by atoms with E-state index in [-0.39, 0.29) is 5.56 Å². The Balaban J connectivity index is 2.37. The molecule has 0 amide bonds. The molecule has 88 valence electrons.